The summed E-state index contributed by atoms with van der Waals surface area (Å²) in [5, 5.41) is 0.184. The van der Waals surface area contributed by atoms with E-state index in [1.54, 1.807) is 19.1 Å². The molecule has 0 fully saturated rings. The molecule has 0 saturated carbocycles. The fourth-order valence-corrected chi connectivity index (χ4v) is 2.10. The normalized spacial score (nSPS) is 10.7. The van der Waals surface area contributed by atoms with Gasteiger partial charge in [0.25, 0.3) is 0 Å². The fourth-order valence-electron chi connectivity index (χ4n) is 1.80. The van der Waals surface area contributed by atoms with Gasteiger partial charge in [0, 0.05) is 11.1 Å². The first-order valence-corrected chi connectivity index (χ1v) is 6.15. The van der Waals surface area contributed by atoms with Crippen molar-refractivity contribution in [3.63, 3.8) is 0 Å². The maximum Gasteiger partial charge on any atom is 0.194 e. The third-order valence-corrected chi connectivity index (χ3v) is 3.39. The maximum absolute atomic E-state index is 13.2. The zero-order chi connectivity index (χ0) is 15.0. The minimum Gasteiger partial charge on any atom is -0.289 e. The zero-order valence-electron chi connectivity index (χ0n) is 10.7. The lowest BCUT2D eigenvalue weighted by atomic mass is 9.99. The summed E-state index contributed by atoms with van der Waals surface area (Å²) in [6.45, 7) is 3.61. The van der Waals surface area contributed by atoms with E-state index in [0.29, 0.717) is 12.1 Å². The monoisotopic (exact) mass is 298 g/mol. The molecule has 2 aromatic rings. The van der Waals surface area contributed by atoms with E-state index in [0.717, 1.165) is 11.1 Å². The Morgan fingerprint density at radius 1 is 0.950 bits per heavy atom. The van der Waals surface area contributed by atoms with Crippen molar-refractivity contribution in [2.75, 3.05) is 0 Å². The highest BCUT2D eigenvalue weighted by Crippen LogP contribution is 2.25. The molecule has 0 aliphatic rings. The Hall–Kier alpha value is -1.81. The third kappa shape index (κ3) is 2.56. The zero-order valence-corrected chi connectivity index (χ0v) is 11.5. The Labute approximate surface area is 119 Å². The van der Waals surface area contributed by atoms with Crippen LogP contribution in [0.3, 0.4) is 0 Å². The van der Waals surface area contributed by atoms with Gasteiger partial charge in [-0.2, -0.15) is 0 Å². The molecule has 1 nitrogen and oxygen atoms in total. The molecular formula is C15H10ClF3O. The highest BCUT2D eigenvalue weighted by Gasteiger charge is 2.18. The summed E-state index contributed by atoms with van der Waals surface area (Å²) < 4.78 is 39.2. The van der Waals surface area contributed by atoms with Crippen LogP contribution in [0.1, 0.15) is 27.0 Å². The molecule has 0 unspecified atom stereocenters. The van der Waals surface area contributed by atoms with Crippen molar-refractivity contribution < 1.29 is 18.0 Å². The Kier molecular flexibility index (Phi) is 3.86. The van der Waals surface area contributed by atoms with E-state index >= 15 is 0 Å². The Morgan fingerprint density at radius 2 is 1.45 bits per heavy atom. The molecule has 0 saturated heterocycles. The van der Waals surface area contributed by atoms with Crippen LogP contribution in [0.25, 0.3) is 0 Å². The summed E-state index contributed by atoms with van der Waals surface area (Å²) >= 11 is 5.97. The average Bonchev–Trinajstić information content (AvgIpc) is 2.38. The molecule has 20 heavy (non-hydrogen) atoms. The molecule has 0 spiro atoms. The van der Waals surface area contributed by atoms with Crippen molar-refractivity contribution in [3.8, 4) is 0 Å². The van der Waals surface area contributed by atoms with Gasteiger partial charge in [-0.3, -0.25) is 4.79 Å². The predicted octanol–water partition coefficient (Wildman–Crippen LogP) is 4.61. The Balaban J connectivity index is 2.55. The summed E-state index contributed by atoms with van der Waals surface area (Å²) in [5.74, 6) is -5.08. The van der Waals surface area contributed by atoms with Crippen molar-refractivity contribution in [3.05, 3.63) is 69.0 Å². The second-order valence-corrected chi connectivity index (χ2v) is 4.91. The molecule has 0 bridgehead atoms. The number of carbonyl (C=O) groups excluding carboxylic acids is 1. The standard InChI is InChI=1S/C15H10ClF3O/c1-7-3-10(11(16)4-8(7)2)15(20)9-5-12(17)14(19)13(18)6-9/h3-6H,1-2H3. The van der Waals surface area contributed by atoms with Crippen LogP contribution in [0, 0.1) is 31.3 Å². The number of rotatable bonds is 2. The van der Waals surface area contributed by atoms with Crippen LogP contribution < -0.4 is 0 Å². The minimum absolute atomic E-state index is 0.125. The minimum atomic E-state index is -1.60. The number of benzene rings is 2. The molecule has 0 radical (unpaired) electrons. The molecule has 0 aliphatic carbocycles. The van der Waals surface area contributed by atoms with Gasteiger partial charge in [0.1, 0.15) is 0 Å². The third-order valence-electron chi connectivity index (χ3n) is 3.07. The van der Waals surface area contributed by atoms with Gasteiger partial charge in [-0.25, -0.2) is 13.2 Å². The largest absolute Gasteiger partial charge is 0.289 e. The lowest BCUT2D eigenvalue weighted by Crippen LogP contribution is -2.06. The van der Waals surface area contributed by atoms with E-state index in [4.69, 9.17) is 11.6 Å². The second kappa shape index (κ2) is 5.29. The van der Waals surface area contributed by atoms with Crippen molar-refractivity contribution in [1.29, 1.82) is 0 Å². The van der Waals surface area contributed by atoms with Gasteiger partial charge in [-0.15, -0.1) is 0 Å². The van der Waals surface area contributed by atoms with Gasteiger partial charge in [0.15, 0.2) is 23.2 Å². The molecule has 0 heterocycles. The van der Waals surface area contributed by atoms with Crippen LogP contribution in [0.15, 0.2) is 24.3 Å². The molecule has 0 amide bonds. The van der Waals surface area contributed by atoms with Gasteiger partial charge >= 0.3 is 0 Å². The highest BCUT2D eigenvalue weighted by atomic mass is 35.5. The fraction of sp³-hybridized carbons (Fsp3) is 0.133. The molecule has 0 aromatic heterocycles. The maximum atomic E-state index is 13.2. The summed E-state index contributed by atoms with van der Waals surface area (Å²) in [6.07, 6.45) is 0. The summed E-state index contributed by atoms with van der Waals surface area (Å²) in [7, 11) is 0. The van der Waals surface area contributed by atoms with Gasteiger partial charge in [-0.1, -0.05) is 11.6 Å². The highest BCUT2D eigenvalue weighted by molar-refractivity contribution is 6.35. The van der Waals surface area contributed by atoms with Crippen molar-refractivity contribution in [1.82, 2.24) is 0 Å². The van der Waals surface area contributed by atoms with Crippen LogP contribution in [0.5, 0.6) is 0 Å². The number of aryl methyl sites for hydroxylation is 2. The summed E-state index contributed by atoms with van der Waals surface area (Å²) in [6, 6.07) is 4.46. The number of carbonyl (C=O) groups is 1. The molecule has 0 aliphatic heterocycles. The van der Waals surface area contributed by atoms with Crippen LogP contribution in [-0.2, 0) is 0 Å². The van der Waals surface area contributed by atoms with Gasteiger partial charge in [0.2, 0.25) is 0 Å². The molecular weight excluding hydrogens is 289 g/mol. The SMILES string of the molecule is Cc1cc(Cl)c(C(=O)c2cc(F)c(F)c(F)c2)cc1C. The molecule has 2 aromatic carbocycles. The number of hydrogen-bond acceptors (Lipinski definition) is 1. The van der Waals surface area contributed by atoms with E-state index in [2.05, 4.69) is 0 Å². The molecule has 104 valence electrons. The van der Waals surface area contributed by atoms with Crippen molar-refractivity contribution >= 4 is 17.4 Å². The Bertz CT molecular complexity index is 688. The summed E-state index contributed by atoms with van der Waals surface area (Å²) in [5.41, 5.74) is 1.55. The van der Waals surface area contributed by atoms with E-state index in [1.807, 2.05) is 6.92 Å². The first-order valence-electron chi connectivity index (χ1n) is 5.77. The second-order valence-electron chi connectivity index (χ2n) is 4.50. The lowest BCUT2D eigenvalue weighted by molar-refractivity contribution is 0.103. The quantitative estimate of drug-likeness (QED) is 0.585. The van der Waals surface area contributed by atoms with E-state index < -0.39 is 23.2 Å². The molecule has 0 atom stereocenters. The molecule has 5 heteroatoms. The van der Waals surface area contributed by atoms with Crippen LogP contribution in [0.4, 0.5) is 13.2 Å². The topological polar surface area (TPSA) is 17.1 Å². The van der Waals surface area contributed by atoms with Gasteiger partial charge in [-0.05, 0) is 49.2 Å². The van der Waals surface area contributed by atoms with E-state index in [-0.39, 0.29) is 16.1 Å². The van der Waals surface area contributed by atoms with Crippen molar-refractivity contribution in [2.45, 2.75) is 13.8 Å². The van der Waals surface area contributed by atoms with Crippen LogP contribution >= 0.6 is 11.6 Å². The predicted molar refractivity (Wildman–Crippen MR) is 70.7 cm³/mol. The van der Waals surface area contributed by atoms with E-state index in [9.17, 15) is 18.0 Å². The summed E-state index contributed by atoms with van der Waals surface area (Å²) in [4.78, 5) is 12.2. The van der Waals surface area contributed by atoms with E-state index in [1.165, 1.54) is 0 Å². The molecule has 0 N–H and O–H groups in total. The van der Waals surface area contributed by atoms with Gasteiger partial charge < -0.3 is 0 Å². The first kappa shape index (κ1) is 14.6. The molecule has 2 rings (SSSR count). The number of hydrogen-bond donors (Lipinski definition) is 0. The van der Waals surface area contributed by atoms with Gasteiger partial charge in [0.05, 0.1) is 5.02 Å². The number of ketones is 1. The Morgan fingerprint density at radius 3 is 2.00 bits per heavy atom. The average molecular weight is 299 g/mol. The first-order chi connectivity index (χ1) is 9.31. The van der Waals surface area contributed by atoms with Crippen LogP contribution in [0.2, 0.25) is 5.02 Å². The van der Waals surface area contributed by atoms with Crippen molar-refractivity contribution in [2.24, 2.45) is 0 Å². The number of halogens is 4. The van der Waals surface area contributed by atoms with Crippen LogP contribution in [-0.4, -0.2) is 5.78 Å². The lowest BCUT2D eigenvalue weighted by Gasteiger charge is -2.08. The smallest absolute Gasteiger partial charge is 0.194 e.